The van der Waals surface area contributed by atoms with Crippen molar-refractivity contribution in [2.24, 2.45) is 5.41 Å². The van der Waals surface area contributed by atoms with Gasteiger partial charge in [-0.05, 0) is 57.5 Å². The first-order valence-corrected chi connectivity index (χ1v) is 10.2. The summed E-state index contributed by atoms with van der Waals surface area (Å²) in [6.07, 6.45) is 0. The van der Waals surface area contributed by atoms with Crippen molar-refractivity contribution in [1.82, 2.24) is 9.55 Å². The highest BCUT2D eigenvalue weighted by Crippen LogP contribution is 2.22. The van der Waals surface area contributed by atoms with Crippen molar-refractivity contribution in [1.29, 1.82) is 0 Å². The lowest BCUT2D eigenvalue weighted by molar-refractivity contribution is -0.157. The summed E-state index contributed by atoms with van der Waals surface area (Å²) in [7, 11) is 1.80. The lowest BCUT2D eigenvalue weighted by Crippen LogP contribution is -2.30. The van der Waals surface area contributed by atoms with E-state index < -0.39 is 17.4 Å². The minimum Gasteiger partial charge on any atom is -0.478 e. The quantitative estimate of drug-likeness (QED) is 0.588. The standard InChI is InChI=1S/C24H27N3O5/c1-15-25-19-11-10-16(13-26(5)20-9-7-6-8-17(20)22(29)30)12-18(19)21(28)27(15)14-32-23(31)24(2,3)4/h6-12H,13-14H2,1-5H3,(H,29,30). The van der Waals surface area contributed by atoms with Crippen molar-refractivity contribution in [2.75, 3.05) is 11.9 Å². The Kier molecular flexibility index (Phi) is 6.34. The van der Waals surface area contributed by atoms with Gasteiger partial charge in [0, 0.05) is 13.6 Å². The molecule has 1 aromatic heterocycles. The number of anilines is 1. The molecule has 0 amide bonds. The molecule has 32 heavy (non-hydrogen) atoms. The molecule has 0 aliphatic rings. The molecule has 8 heteroatoms. The third-order valence-corrected chi connectivity index (χ3v) is 5.11. The summed E-state index contributed by atoms with van der Waals surface area (Å²) in [6, 6.07) is 12.1. The number of aryl methyl sites for hydroxylation is 1. The number of aromatic nitrogens is 2. The first kappa shape index (κ1) is 23.0. The summed E-state index contributed by atoms with van der Waals surface area (Å²) in [4.78, 5) is 43.0. The number of esters is 1. The SMILES string of the molecule is Cc1nc2ccc(CN(C)c3ccccc3C(=O)O)cc2c(=O)n1COC(=O)C(C)(C)C. The Bertz CT molecular complexity index is 1240. The lowest BCUT2D eigenvalue weighted by atomic mass is 9.98. The van der Waals surface area contributed by atoms with E-state index in [1.807, 2.05) is 11.0 Å². The molecule has 0 saturated carbocycles. The maximum atomic E-state index is 13.1. The first-order valence-electron chi connectivity index (χ1n) is 10.2. The molecule has 0 spiro atoms. The number of aromatic carboxylic acids is 1. The molecule has 0 bridgehead atoms. The average molecular weight is 437 g/mol. The summed E-state index contributed by atoms with van der Waals surface area (Å²) >= 11 is 0. The van der Waals surface area contributed by atoms with E-state index in [4.69, 9.17) is 4.74 Å². The monoisotopic (exact) mass is 437 g/mol. The predicted molar refractivity (Wildman–Crippen MR) is 122 cm³/mol. The fourth-order valence-electron chi connectivity index (χ4n) is 3.32. The number of carboxylic acid groups (broad SMARTS) is 1. The Hall–Kier alpha value is -3.68. The molecule has 0 saturated heterocycles. The molecule has 0 atom stereocenters. The van der Waals surface area contributed by atoms with E-state index in [9.17, 15) is 19.5 Å². The van der Waals surface area contributed by atoms with Gasteiger partial charge in [0.05, 0.1) is 27.6 Å². The van der Waals surface area contributed by atoms with Gasteiger partial charge in [-0.3, -0.25) is 14.2 Å². The van der Waals surface area contributed by atoms with E-state index in [-0.39, 0.29) is 17.9 Å². The van der Waals surface area contributed by atoms with Gasteiger partial charge >= 0.3 is 11.9 Å². The molecule has 3 rings (SSSR count). The van der Waals surface area contributed by atoms with Crippen molar-refractivity contribution >= 4 is 28.5 Å². The lowest BCUT2D eigenvalue weighted by Gasteiger charge is -2.21. The maximum Gasteiger partial charge on any atom is 0.337 e. The van der Waals surface area contributed by atoms with Gasteiger partial charge in [0.25, 0.3) is 5.56 Å². The van der Waals surface area contributed by atoms with Crippen molar-refractivity contribution in [3.63, 3.8) is 0 Å². The van der Waals surface area contributed by atoms with Crippen LogP contribution < -0.4 is 10.5 Å². The Labute approximate surface area is 186 Å². The number of carbonyl (C=O) groups excluding carboxylic acids is 1. The van der Waals surface area contributed by atoms with Crippen LogP contribution in [0.3, 0.4) is 0 Å². The molecule has 0 fully saturated rings. The zero-order valence-corrected chi connectivity index (χ0v) is 18.9. The average Bonchev–Trinajstić information content (AvgIpc) is 2.73. The third kappa shape index (κ3) is 4.80. The van der Waals surface area contributed by atoms with Gasteiger partial charge in [-0.25, -0.2) is 9.78 Å². The number of hydrogen-bond acceptors (Lipinski definition) is 6. The van der Waals surface area contributed by atoms with E-state index in [1.165, 1.54) is 4.57 Å². The summed E-state index contributed by atoms with van der Waals surface area (Å²) in [5, 5.41) is 9.84. The largest absolute Gasteiger partial charge is 0.478 e. The van der Waals surface area contributed by atoms with Crippen molar-refractivity contribution < 1.29 is 19.4 Å². The third-order valence-electron chi connectivity index (χ3n) is 5.11. The van der Waals surface area contributed by atoms with Gasteiger partial charge in [0.2, 0.25) is 0 Å². The minimum atomic E-state index is -1.00. The Morgan fingerprint density at radius 3 is 2.50 bits per heavy atom. The van der Waals surface area contributed by atoms with Crippen LogP contribution in [0.4, 0.5) is 5.69 Å². The Morgan fingerprint density at radius 2 is 1.84 bits per heavy atom. The highest BCUT2D eigenvalue weighted by atomic mass is 16.5. The van der Waals surface area contributed by atoms with Crippen LogP contribution in [-0.4, -0.2) is 33.6 Å². The van der Waals surface area contributed by atoms with E-state index in [1.54, 1.807) is 71.1 Å². The molecule has 0 aliphatic heterocycles. The number of fused-ring (bicyclic) bond motifs is 1. The zero-order valence-electron chi connectivity index (χ0n) is 18.9. The Morgan fingerprint density at radius 1 is 1.16 bits per heavy atom. The molecule has 8 nitrogen and oxygen atoms in total. The fraction of sp³-hybridized carbons (Fsp3) is 0.333. The molecule has 0 unspecified atom stereocenters. The molecule has 168 valence electrons. The second-order valence-corrected chi connectivity index (χ2v) is 8.73. The number of benzene rings is 2. The number of hydrogen-bond donors (Lipinski definition) is 1. The molecule has 0 aliphatic carbocycles. The number of ether oxygens (including phenoxy) is 1. The number of rotatable bonds is 6. The zero-order chi connectivity index (χ0) is 23.6. The molecule has 0 radical (unpaired) electrons. The fourth-order valence-corrected chi connectivity index (χ4v) is 3.32. The highest BCUT2D eigenvalue weighted by molar-refractivity contribution is 5.94. The van der Waals surface area contributed by atoms with Gasteiger partial charge in [0.15, 0.2) is 6.73 Å². The van der Waals surface area contributed by atoms with Gasteiger partial charge in [-0.15, -0.1) is 0 Å². The van der Waals surface area contributed by atoms with E-state index >= 15 is 0 Å². The second-order valence-electron chi connectivity index (χ2n) is 8.73. The van der Waals surface area contributed by atoms with Crippen LogP contribution in [0.5, 0.6) is 0 Å². The molecule has 1 N–H and O–H groups in total. The predicted octanol–water partition coefficient (Wildman–Crippen LogP) is 3.59. The van der Waals surface area contributed by atoms with Gasteiger partial charge in [0.1, 0.15) is 5.82 Å². The summed E-state index contributed by atoms with van der Waals surface area (Å²) in [5.74, 6) is -0.959. The minimum absolute atomic E-state index is 0.205. The normalized spacial score (nSPS) is 11.4. The van der Waals surface area contributed by atoms with Gasteiger partial charge in [-0.1, -0.05) is 18.2 Å². The first-order chi connectivity index (χ1) is 15.0. The number of carboxylic acids is 1. The smallest absolute Gasteiger partial charge is 0.337 e. The second kappa shape index (κ2) is 8.82. The number of carbonyl (C=O) groups is 2. The van der Waals surface area contributed by atoms with Crippen LogP contribution in [0.2, 0.25) is 0 Å². The maximum absolute atomic E-state index is 13.1. The molecule has 3 aromatic rings. The van der Waals surface area contributed by atoms with Gasteiger partial charge < -0.3 is 14.7 Å². The van der Waals surface area contributed by atoms with Gasteiger partial charge in [-0.2, -0.15) is 0 Å². The van der Waals surface area contributed by atoms with Crippen molar-refractivity contribution in [3.05, 3.63) is 69.8 Å². The molecular weight excluding hydrogens is 410 g/mol. The molecular formula is C24H27N3O5. The Balaban J connectivity index is 1.92. The van der Waals surface area contributed by atoms with Crippen LogP contribution in [-0.2, 0) is 22.8 Å². The molecule has 1 heterocycles. The van der Waals surface area contributed by atoms with E-state index in [2.05, 4.69) is 4.98 Å². The number of nitrogens with zero attached hydrogens (tertiary/aromatic N) is 3. The number of para-hydroxylation sites is 1. The summed E-state index contributed by atoms with van der Waals surface area (Å²) in [6.45, 7) is 7.11. The van der Waals surface area contributed by atoms with Crippen LogP contribution in [0, 0.1) is 12.3 Å². The van der Waals surface area contributed by atoms with Crippen LogP contribution in [0.1, 0.15) is 42.5 Å². The molecule has 2 aromatic carbocycles. The van der Waals surface area contributed by atoms with Crippen LogP contribution in [0.15, 0.2) is 47.3 Å². The van der Waals surface area contributed by atoms with Crippen molar-refractivity contribution in [2.45, 2.75) is 41.0 Å². The van der Waals surface area contributed by atoms with Crippen LogP contribution >= 0.6 is 0 Å². The highest BCUT2D eigenvalue weighted by Gasteiger charge is 2.23. The van der Waals surface area contributed by atoms with Crippen LogP contribution in [0.25, 0.3) is 10.9 Å². The van der Waals surface area contributed by atoms with E-state index in [0.717, 1.165) is 5.56 Å². The van der Waals surface area contributed by atoms with E-state index in [0.29, 0.717) is 29.0 Å². The summed E-state index contributed by atoms with van der Waals surface area (Å²) < 4.78 is 6.64. The topological polar surface area (TPSA) is 102 Å². The van der Waals surface area contributed by atoms with Crippen molar-refractivity contribution in [3.8, 4) is 0 Å². The summed E-state index contributed by atoms with van der Waals surface area (Å²) in [5.41, 5.74) is 1.17.